The van der Waals surface area contributed by atoms with Crippen molar-refractivity contribution in [1.29, 1.82) is 0 Å². The van der Waals surface area contributed by atoms with Crippen LogP contribution in [0.3, 0.4) is 0 Å². The van der Waals surface area contributed by atoms with Crippen LogP contribution in [0.5, 0.6) is 23.0 Å². The van der Waals surface area contributed by atoms with E-state index < -0.39 is 59.1 Å². The minimum absolute atomic E-state index is 0.347. The molecule has 14 nitrogen and oxygen atoms in total. The quantitative estimate of drug-likeness (QED) is 0.140. The zero-order chi connectivity index (χ0) is 44.4. The summed E-state index contributed by atoms with van der Waals surface area (Å²) in [5, 5.41) is 0. The SMILES string of the molecule is O=C1c2ccccc2C(=O)N1c1ccc(Oc2ccc(N3C(=O)C4C5CC(C4C3=O)C3C(=O)N(c4ccc(Oc6ccc(N7C(=O)c8ccccc8C7=O)cc6)cc4)C(=O)C53)cc2)cc1. The van der Waals surface area contributed by atoms with Crippen LogP contribution in [-0.2, 0) is 19.2 Å². The van der Waals surface area contributed by atoms with Crippen molar-refractivity contribution in [3.8, 4) is 23.0 Å². The first-order valence-corrected chi connectivity index (χ1v) is 21.0. The highest BCUT2D eigenvalue weighted by Gasteiger charge is 2.73. The van der Waals surface area contributed by atoms with Gasteiger partial charge in [0.2, 0.25) is 23.6 Å². The Morgan fingerprint density at radius 2 is 0.538 bits per heavy atom. The molecule has 0 aromatic heterocycles. The van der Waals surface area contributed by atoms with Gasteiger partial charge in [-0.2, -0.15) is 0 Å². The number of nitrogens with zero attached hydrogens (tertiary/aromatic N) is 4. The molecule has 2 aliphatic carbocycles. The number of carbonyl (C=O) groups excluding carboxylic acids is 8. The van der Waals surface area contributed by atoms with Crippen LogP contribution in [0.4, 0.5) is 22.7 Å². The van der Waals surface area contributed by atoms with Gasteiger partial charge in [0.15, 0.2) is 0 Å². The Hall–Kier alpha value is -8.52. The largest absolute Gasteiger partial charge is 0.457 e. The number of amides is 8. The highest BCUT2D eigenvalue weighted by molar-refractivity contribution is 6.35. The van der Waals surface area contributed by atoms with Crippen molar-refractivity contribution >= 4 is 70.0 Å². The zero-order valence-corrected chi connectivity index (χ0v) is 33.9. The van der Waals surface area contributed by atoms with E-state index in [1.54, 1.807) is 146 Å². The third-order valence-corrected chi connectivity index (χ3v) is 13.6. The summed E-state index contributed by atoms with van der Waals surface area (Å²) in [7, 11) is 0. The van der Waals surface area contributed by atoms with Gasteiger partial charge in [-0.1, -0.05) is 24.3 Å². The first-order valence-electron chi connectivity index (χ1n) is 21.0. The third kappa shape index (κ3) is 5.52. The van der Waals surface area contributed by atoms with Gasteiger partial charge in [-0.3, -0.25) is 48.2 Å². The molecule has 4 aliphatic heterocycles. The number of rotatable bonds is 8. The van der Waals surface area contributed by atoms with Gasteiger partial charge in [0.25, 0.3) is 23.6 Å². The van der Waals surface area contributed by atoms with Crippen LogP contribution in [0, 0.1) is 35.5 Å². The van der Waals surface area contributed by atoms with E-state index in [-0.39, 0.29) is 23.6 Å². The summed E-state index contributed by atoms with van der Waals surface area (Å²) >= 11 is 0. The second kappa shape index (κ2) is 14.0. The summed E-state index contributed by atoms with van der Waals surface area (Å²) in [5.74, 6) is -5.26. The lowest BCUT2D eigenvalue weighted by molar-refractivity contribution is -0.130. The van der Waals surface area contributed by atoms with Crippen molar-refractivity contribution in [3.05, 3.63) is 168 Å². The van der Waals surface area contributed by atoms with E-state index >= 15 is 0 Å². The van der Waals surface area contributed by atoms with Crippen molar-refractivity contribution in [2.75, 3.05) is 19.6 Å². The van der Waals surface area contributed by atoms with Crippen LogP contribution < -0.4 is 29.1 Å². The van der Waals surface area contributed by atoms with E-state index in [9.17, 15) is 38.4 Å². The predicted molar refractivity (Wildman–Crippen MR) is 232 cm³/mol. The summed E-state index contributed by atoms with van der Waals surface area (Å²) in [6, 6.07) is 39.3. The van der Waals surface area contributed by atoms with E-state index in [4.69, 9.17) is 9.47 Å². The molecule has 2 saturated heterocycles. The van der Waals surface area contributed by atoms with Crippen molar-refractivity contribution in [2.45, 2.75) is 6.42 Å². The molecule has 6 aromatic carbocycles. The number of anilines is 4. The second-order valence-corrected chi connectivity index (χ2v) is 16.9. The fraction of sp³-hybridized carbons (Fsp3) is 0.137. The summed E-state index contributed by atoms with van der Waals surface area (Å²) in [6.07, 6.45) is 0.443. The number of fused-ring (bicyclic) bond motifs is 10. The monoisotopic (exact) mass is 860 g/mol. The molecule has 2 saturated carbocycles. The molecule has 4 fully saturated rings. The molecule has 6 aliphatic rings. The van der Waals surface area contributed by atoms with Gasteiger partial charge in [-0.25, -0.2) is 9.80 Å². The lowest BCUT2D eigenvalue weighted by Gasteiger charge is -2.27. The van der Waals surface area contributed by atoms with E-state index in [0.29, 0.717) is 74.4 Å². The Labute approximate surface area is 369 Å². The minimum atomic E-state index is -0.721. The molecule has 6 aromatic rings. The van der Waals surface area contributed by atoms with Gasteiger partial charge in [0.1, 0.15) is 23.0 Å². The highest BCUT2D eigenvalue weighted by Crippen LogP contribution is 2.64. The van der Waals surface area contributed by atoms with Crippen LogP contribution in [0.1, 0.15) is 47.9 Å². The van der Waals surface area contributed by atoms with Crippen molar-refractivity contribution < 1.29 is 47.8 Å². The Kier molecular flexibility index (Phi) is 8.22. The predicted octanol–water partition coefficient (Wildman–Crippen LogP) is 7.43. The third-order valence-electron chi connectivity index (χ3n) is 13.6. The van der Waals surface area contributed by atoms with Gasteiger partial charge in [-0.15, -0.1) is 0 Å². The summed E-state index contributed by atoms with van der Waals surface area (Å²) in [6.45, 7) is 0. The average molecular weight is 861 g/mol. The number of benzene rings is 6. The maximum absolute atomic E-state index is 14.1. The molecule has 14 heteroatoms. The lowest BCUT2D eigenvalue weighted by atomic mass is 9.70. The molecule has 0 spiro atoms. The maximum atomic E-state index is 14.1. The number of hydrogen-bond donors (Lipinski definition) is 0. The molecule has 0 N–H and O–H groups in total. The molecule has 8 amide bonds. The van der Waals surface area contributed by atoms with Crippen LogP contribution in [0.25, 0.3) is 0 Å². The topological polar surface area (TPSA) is 168 Å². The zero-order valence-electron chi connectivity index (χ0n) is 33.9. The summed E-state index contributed by atoms with van der Waals surface area (Å²) < 4.78 is 12.0. The average Bonchev–Trinajstić information content (AvgIpc) is 4.14. The van der Waals surface area contributed by atoms with E-state index in [1.807, 2.05) is 0 Å². The second-order valence-electron chi connectivity index (χ2n) is 16.9. The fourth-order valence-electron chi connectivity index (χ4n) is 10.9. The Bertz CT molecular complexity index is 2810. The molecule has 12 rings (SSSR count). The number of imide groups is 4. The number of hydrogen-bond acceptors (Lipinski definition) is 10. The van der Waals surface area contributed by atoms with Crippen molar-refractivity contribution in [3.63, 3.8) is 0 Å². The first-order chi connectivity index (χ1) is 31.6. The van der Waals surface area contributed by atoms with Crippen LogP contribution in [-0.4, -0.2) is 47.3 Å². The van der Waals surface area contributed by atoms with Gasteiger partial charge in [0.05, 0.1) is 68.7 Å². The van der Waals surface area contributed by atoms with Gasteiger partial charge in [-0.05, 0) is 140 Å². The van der Waals surface area contributed by atoms with E-state index in [0.717, 1.165) is 9.80 Å². The molecule has 2 bridgehead atoms. The van der Waals surface area contributed by atoms with Crippen LogP contribution in [0.2, 0.25) is 0 Å². The maximum Gasteiger partial charge on any atom is 0.266 e. The molecule has 4 unspecified atom stereocenters. The Morgan fingerprint density at radius 3 is 0.785 bits per heavy atom. The van der Waals surface area contributed by atoms with E-state index in [2.05, 4.69) is 0 Å². The smallest absolute Gasteiger partial charge is 0.266 e. The molecule has 65 heavy (non-hydrogen) atoms. The standard InChI is InChI=1S/C51H32N4O10/c56-44-34-5-1-2-6-35(34)45(57)52(44)26-9-17-30(18-10-26)64-32-21-13-28(14-22-32)54-48(60)40-38-25-39(41(40)49(54)61)43-42(38)50(62)55(51(43)63)29-15-23-33(24-16-29)65-31-19-11-27(12-20-31)53-46(58)36-7-3-4-8-37(36)47(53)59/h1-24,38-43H,25H2. The summed E-state index contributed by atoms with van der Waals surface area (Å²) in [5.41, 5.74) is 2.90. The van der Waals surface area contributed by atoms with Crippen molar-refractivity contribution in [1.82, 2.24) is 0 Å². The molecule has 0 radical (unpaired) electrons. The van der Waals surface area contributed by atoms with E-state index in [1.165, 1.54) is 9.80 Å². The lowest BCUT2D eigenvalue weighted by Crippen LogP contribution is -2.37. The highest BCUT2D eigenvalue weighted by atomic mass is 16.5. The van der Waals surface area contributed by atoms with Gasteiger partial charge >= 0.3 is 0 Å². The fourth-order valence-corrected chi connectivity index (χ4v) is 10.9. The number of ether oxygens (including phenoxy) is 2. The Balaban J connectivity index is 0.696. The summed E-state index contributed by atoms with van der Waals surface area (Å²) in [4.78, 5) is 112. The first kappa shape index (κ1) is 38.2. The van der Waals surface area contributed by atoms with Crippen LogP contribution >= 0.6 is 0 Å². The van der Waals surface area contributed by atoms with Gasteiger partial charge < -0.3 is 9.47 Å². The molecular weight excluding hydrogens is 829 g/mol. The van der Waals surface area contributed by atoms with Crippen molar-refractivity contribution in [2.24, 2.45) is 35.5 Å². The molecular formula is C51H32N4O10. The molecule has 316 valence electrons. The minimum Gasteiger partial charge on any atom is -0.457 e. The Morgan fingerprint density at radius 1 is 0.308 bits per heavy atom. The van der Waals surface area contributed by atoms with Crippen LogP contribution in [0.15, 0.2) is 146 Å². The number of carbonyl (C=O) groups is 8. The van der Waals surface area contributed by atoms with Gasteiger partial charge in [0, 0.05) is 0 Å². The molecule has 4 heterocycles. The normalized spacial score (nSPS) is 23.8. The molecule has 4 atom stereocenters.